The molecule has 0 spiro atoms. The summed E-state index contributed by atoms with van der Waals surface area (Å²) in [6, 6.07) is 5.39. The third kappa shape index (κ3) is 3.42. The first-order chi connectivity index (χ1) is 8.54. The average molecular weight is 377 g/mol. The van der Waals surface area contributed by atoms with Crippen LogP contribution in [0.5, 0.6) is 0 Å². The summed E-state index contributed by atoms with van der Waals surface area (Å²) >= 11 is 7.97. The van der Waals surface area contributed by atoms with Crippen LogP contribution in [-0.4, -0.2) is 20.7 Å². The van der Waals surface area contributed by atoms with E-state index < -0.39 is 0 Å². The molecule has 2 rings (SSSR count). The number of hydrogen-bond donors (Lipinski definition) is 1. The van der Waals surface area contributed by atoms with Gasteiger partial charge in [0.05, 0.1) is 0 Å². The van der Waals surface area contributed by atoms with Crippen molar-refractivity contribution in [1.82, 2.24) is 14.8 Å². The van der Waals surface area contributed by atoms with Gasteiger partial charge < -0.3 is 5.32 Å². The number of benzene rings is 1. The predicted molar refractivity (Wildman–Crippen MR) is 77.6 cm³/mol. The number of carbonyl (C=O) groups excluding carboxylic acids is 1. The Morgan fingerprint density at radius 2 is 2.33 bits per heavy atom. The van der Waals surface area contributed by atoms with E-state index in [1.54, 1.807) is 6.07 Å². The highest BCUT2D eigenvalue weighted by atomic mass is 127. The monoisotopic (exact) mass is 376 g/mol. The second-order valence-corrected chi connectivity index (χ2v) is 5.10. The standard InChI is InChI=1S/C11H10ClIN4O/c1-7-2-3-8(4-9(7)12)15-10(18)5-17-6-14-11(13)16-17/h2-4,6H,5H2,1H3,(H,15,18). The van der Waals surface area contributed by atoms with Crippen LogP contribution in [0.1, 0.15) is 5.56 Å². The summed E-state index contributed by atoms with van der Waals surface area (Å²) in [6.45, 7) is 2.03. The zero-order valence-corrected chi connectivity index (χ0v) is 12.4. The summed E-state index contributed by atoms with van der Waals surface area (Å²) in [5, 5.41) is 7.41. The van der Waals surface area contributed by atoms with E-state index in [4.69, 9.17) is 11.6 Å². The molecule has 0 saturated heterocycles. The minimum atomic E-state index is -0.170. The SMILES string of the molecule is Cc1ccc(NC(=O)Cn2cnc(I)n2)cc1Cl. The summed E-state index contributed by atoms with van der Waals surface area (Å²) < 4.78 is 2.09. The lowest BCUT2D eigenvalue weighted by Crippen LogP contribution is -2.19. The molecule has 7 heteroatoms. The van der Waals surface area contributed by atoms with Crippen LogP contribution in [0.2, 0.25) is 5.02 Å². The fourth-order valence-electron chi connectivity index (χ4n) is 1.37. The Morgan fingerprint density at radius 3 is 2.94 bits per heavy atom. The summed E-state index contributed by atoms with van der Waals surface area (Å²) in [5.74, 6) is -0.170. The van der Waals surface area contributed by atoms with Crippen molar-refractivity contribution in [3.8, 4) is 0 Å². The van der Waals surface area contributed by atoms with Gasteiger partial charge in [0.15, 0.2) is 0 Å². The van der Waals surface area contributed by atoms with Crippen LogP contribution in [0.25, 0.3) is 0 Å². The van der Waals surface area contributed by atoms with Gasteiger partial charge in [-0.1, -0.05) is 17.7 Å². The van der Waals surface area contributed by atoms with Crippen LogP contribution >= 0.6 is 34.2 Å². The van der Waals surface area contributed by atoms with Gasteiger partial charge in [-0.25, -0.2) is 9.67 Å². The van der Waals surface area contributed by atoms with Crippen LogP contribution in [0.15, 0.2) is 24.5 Å². The normalized spacial score (nSPS) is 10.4. The van der Waals surface area contributed by atoms with Gasteiger partial charge in [0.25, 0.3) is 0 Å². The van der Waals surface area contributed by atoms with Crippen LogP contribution in [0, 0.1) is 10.8 Å². The summed E-state index contributed by atoms with van der Waals surface area (Å²) in [4.78, 5) is 15.7. The molecule has 1 N–H and O–H groups in total. The fourth-order valence-corrected chi connectivity index (χ4v) is 1.95. The van der Waals surface area contributed by atoms with E-state index in [1.165, 1.54) is 11.0 Å². The van der Waals surface area contributed by atoms with Crippen LogP contribution in [0.3, 0.4) is 0 Å². The molecule has 1 amide bonds. The van der Waals surface area contributed by atoms with Gasteiger partial charge in [-0.15, -0.1) is 5.10 Å². The number of rotatable bonds is 3. The number of amides is 1. The summed E-state index contributed by atoms with van der Waals surface area (Å²) in [5.41, 5.74) is 1.64. The molecule has 0 aliphatic rings. The molecule has 0 bridgehead atoms. The van der Waals surface area contributed by atoms with Crippen molar-refractivity contribution >= 4 is 45.8 Å². The molecule has 1 aromatic heterocycles. The smallest absolute Gasteiger partial charge is 0.246 e. The fraction of sp³-hybridized carbons (Fsp3) is 0.182. The molecule has 0 unspecified atom stereocenters. The zero-order chi connectivity index (χ0) is 13.1. The van der Waals surface area contributed by atoms with Gasteiger partial charge >= 0.3 is 0 Å². The van der Waals surface area contributed by atoms with Gasteiger partial charge in [-0.2, -0.15) is 0 Å². The topological polar surface area (TPSA) is 59.8 Å². The average Bonchev–Trinajstić information content (AvgIpc) is 2.69. The molecule has 2 aromatic rings. The Morgan fingerprint density at radius 1 is 1.56 bits per heavy atom. The Hall–Kier alpha value is -1.15. The molecule has 0 aliphatic carbocycles. The van der Waals surface area contributed by atoms with Crippen molar-refractivity contribution < 1.29 is 4.79 Å². The third-order valence-electron chi connectivity index (χ3n) is 2.27. The first-order valence-electron chi connectivity index (χ1n) is 5.15. The van der Waals surface area contributed by atoms with Crippen molar-refractivity contribution in [3.05, 3.63) is 38.9 Å². The summed E-state index contributed by atoms with van der Waals surface area (Å²) in [6.07, 6.45) is 1.52. The molecule has 0 atom stereocenters. The largest absolute Gasteiger partial charge is 0.324 e. The number of nitrogens with zero attached hydrogens (tertiary/aromatic N) is 3. The van der Waals surface area contributed by atoms with Crippen LogP contribution in [0.4, 0.5) is 5.69 Å². The molecule has 1 aromatic carbocycles. The number of nitrogens with one attached hydrogen (secondary N) is 1. The van der Waals surface area contributed by atoms with Crippen molar-refractivity contribution in [3.63, 3.8) is 0 Å². The molecule has 0 saturated carbocycles. The van der Waals surface area contributed by atoms with Gasteiger partial charge in [0.1, 0.15) is 12.9 Å². The minimum absolute atomic E-state index is 0.126. The highest BCUT2D eigenvalue weighted by Gasteiger charge is 2.06. The second-order valence-electron chi connectivity index (χ2n) is 3.72. The van der Waals surface area contributed by atoms with E-state index in [0.29, 0.717) is 14.5 Å². The van der Waals surface area contributed by atoms with E-state index in [2.05, 4.69) is 15.4 Å². The van der Waals surface area contributed by atoms with Crippen molar-refractivity contribution in [2.24, 2.45) is 0 Å². The third-order valence-corrected chi connectivity index (χ3v) is 3.17. The maximum atomic E-state index is 11.7. The number of aromatic nitrogens is 3. The van der Waals surface area contributed by atoms with Crippen LogP contribution in [-0.2, 0) is 11.3 Å². The van der Waals surface area contributed by atoms with E-state index in [9.17, 15) is 4.79 Å². The van der Waals surface area contributed by atoms with E-state index in [-0.39, 0.29) is 12.5 Å². The number of carbonyl (C=O) groups is 1. The molecule has 18 heavy (non-hydrogen) atoms. The van der Waals surface area contributed by atoms with E-state index >= 15 is 0 Å². The molecule has 1 heterocycles. The van der Waals surface area contributed by atoms with Gasteiger partial charge in [0.2, 0.25) is 9.74 Å². The van der Waals surface area contributed by atoms with E-state index in [0.717, 1.165) is 5.56 Å². The molecular formula is C11H10ClIN4O. The highest BCUT2D eigenvalue weighted by molar-refractivity contribution is 14.1. The van der Waals surface area contributed by atoms with Crippen molar-refractivity contribution in [2.45, 2.75) is 13.5 Å². The van der Waals surface area contributed by atoms with Gasteiger partial charge in [-0.05, 0) is 24.6 Å². The molecular weight excluding hydrogens is 367 g/mol. The molecule has 0 aliphatic heterocycles. The zero-order valence-electron chi connectivity index (χ0n) is 9.52. The Balaban J connectivity index is 2.00. The van der Waals surface area contributed by atoms with Crippen molar-refractivity contribution in [1.29, 1.82) is 0 Å². The highest BCUT2D eigenvalue weighted by Crippen LogP contribution is 2.19. The first kappa shape index (κ1) is 13.3. The number of anilines is 1. The van der Waals surface area contributed by atoms with Crippen molar-refractivity contribution in [2.75, 3.05) is 5.32 Å². The number of halogens is 2. The lowest BCUT2D eigenvalue weighted by molar-refractivity contribution is -0.116. The first-order valence-corrected chi connectivity index (χ1v) is 6.61. The second kappa shape index (κ2) is 5.66. The maximum absolute atomic E-state index is 11.7. The molecule has 5 nitrogen and oxygen atoms in total. The lowest BCUT2D eigenvalue weighted by atomic mass is 10.2. The lowest BCUT2D eigenvalue weighted by Gasteiger charge is -2.06. The Bertz CT molecular complexity index is 584. The van der Waals surface area contributed by atoms with Crippen LogP contribution < -0.4 is 5.32 Å². The number of aryl methyl sites for hydroxylation is 1. The number of hydrogen-bond acceptors (Lipinski definition) is 3. The Kier molecular flexibility index (Phi) is 4.18. The molecule has 0 fully saturated rings. The minimum Gasteiger partial charge on any atom is -0.324 e. The van der Waals surface area contributed by atoms with Gasteiger partial charge in [-0.3, -0.25) is 4.79 Å². The maximum Gasteiger partial charge on any atom is 0.246 e. The Labute approximate surface area is 123 Å². The van der Waals surface area contributed by atoms with E-state index in [1.807, 2.05) is 41.6 Å². The van der Waals surface area contributed by atoms with Gasteiger partial charge in [0, 0.05) is 33.3 Å². The quantitative estimate of drug-likeness (QED) is 0.837. The molecule has 94 valence electrons. The predicted octanol–water partition coefficient (Wildman–Crippen LogP) is 2.48. The summed E-state index contributed by atoms with van der Waals surface area (Å²) in [7, 11) is 0. The molecule has 0 radical (unpaired) electrons.